The molecule has 8 heteroatoms. The summed E-state index contributed by atoms with van der Waals surface area (Å²) in [6.07, 6.45) is 8.81. The number of nitrogens with two attached hydrogens (primary N) is 1. The van der Waals surface area contributed by atoms with E-state index in [1.807, 2.05) is 24.5 Å². The van der Waals surface area contributed by atoms with Gasteiger partial charge < -0.3 is 20.9 Å². The van der Waals surface area contributed by atoms with Gasteiger partial charge in [-0.1, -0.05) is 12.0 Å². The number of rotatable bonds is 2. The molecule has 3 N–H and O–H groups in total. The lowest BCUT2D eigenvalue weighted by atomic mass is 9.73. The quantitative estimate of drug-likeness (QED) is 0.514. The minimum Gasteiger partial charge on any atom is -0.355 e. The number of nitrogens with zero attached hydrogens (tertiary/aromatic N) is 5. The van der Waals surface area contributed by atoms with Crippen LogP contribution in [-0.2, 0) is 17.6 Å². The fraction of sp³-hybridized carbons (Fsp3) is 0.400. The minimum atomic E-state index is -0.289. The zero-order valence-corrected chi connectivity index (χ0v) is 22.0. The van der Waals surface area contributed by atoms with Crippen LogP contribution < -0.4 is 20.9 Å². The predicted molar refractivity (Wildman–Crippen MR) is 148 cm³/mol. The van der Waals surface area contributed by atoms with Crippen molar-refractivity contribution in [2.45, 2.75) is 45.1 Å². The van der Waals surface area contributed by atoms with Crippen molar-refractivity contribution < 1.29 is 4.79 Å². The molecule has 1 aromatic carbocycles. The van der Waals surface area contributed by atoms with Gasteiger partial charge in [-0.05, 0) is 79.8 Å². The van der Waals surface area contributed by atoms with Gasteiger partial charge in [-0.25, -0.2) is 9.97 Å². The maximum atomic E-state index is 11.5. The van der Waals surface area contributed by atoms with Crippen molar-refractivity contribution in [2.24, 2.45) is 11.1 Å². The molecule has 1 atom stereocenters. The zero-order chi connectivity index (χ0) is 26.3. The average molecular weight is 508 g/mol. The average Bonchev–Trinajstić information content (AvgIpc) is 3.22. The van der Waals surface area contributed by atoms with E-state index in [0.717, 1.165) is 86.0 Å². The van der Waals surface area contributed by atoms with Gasteiger partial charge in [0.2, 0.25) is 0 Å². The van der Waals surface area contributed by atoms with Crippen LogP contribution in [0.3, 0.4) is 0 Å². The SMILES string of the molecule is CNC(=O)C#Cc1ccc2c(c1)[C@@H](N)C1(CCN(c3ncc(N4CCCc5ncccc54)nc3C)CC1)C2. The van der Waals surface area contributed by atoms with Gasteiger partial charge in [0.05, 0.1) is 23.3 Å². The van der Waals surface area contributed by atoms with Gasteiger partial charge in [0, 0.05) is 50.4 Å². The summed E-state index contributed by atoms with van der Waals surface area (Å²) >= 11 is 0. The Morgan fingerprint density at radius 3 is 2.82 bits per heavy atom. The van der Waals surface area contributed by atoms with Crippen LogP contribution in [0.5, 0.6) is 0 Å². The van der Waals surface area contributed by atoms with Crippen LogP contribution in [-0.4, -0.2) is 47.5 Å². The van der Waals surface area contributed by atoms with E-state index in [2.05, 4.69) is 57.1 Å². The highest BCUT2D eigenvalue weighted by atomic mass is 16.1. The monoisotopic (exact) mass is 507 g/mol. The second-order valence-electron chi connectivity index (χ2n) is 10.6. The molecule has 0 unspecified atom stereocenters. The van der Waals surface area contributed by atoms with Crippen LogP contribution in [0.4, 0.5) is 17.3 Å². The summed E-state index contributed by atoms with van der Waals surface area (Å²) in [6, 6.07) is 10.3. The Labute approximate surface area is 223 Å². The highest BCUT2D eigenvalue weighted by Crippen LogP contribution is 2.51. The Balaban J connectivity index is 1.16. The zero-order valence-electron chi connectivity index (χ0n) is 22.0. The van der Waals surface area contributed by atoms with Crippen LogP contribution >= 0.6 is 0 Å². The van der Waals surface area contributed by atoms with E-state index < -0.39 is 0 Å². The summed E-state index contributed by atoms with van der Waals surface area (Å²) in [4.78, 5) is 30.6. The number of carbonyl (C=O) groups is 1. The van der Waals surface area contributed by atoms with Gasteiger partial charge in [-0.2, -0.15) is 0 Å². The second kappa shape index (κ2) is 9.73. The molecule has 3 aliphatic rings. The van der Waals surface area contributed by atoms with Crippen LogP contribution in [0.25, 0.3) is 0 Å². The Morgan fingerprint density at radius 2 is 2.03 bits per heavy atom. The fourth-order valence-electron chi connectivity index (χ4n) is 6.32. The molecule has 4 heterocycles. The van der Waals surface area contributed by atoms with Crippen molar-refractivity contribution in [3.05, 3.63) is 70.8 Å². The topological polar surface area (TPSA) is 100 Å². The van der Waals surface area contributed by atoms with Gasteiger partial charge in [0.15, 0.2) is 5.82 Å². The molecule has 1 amide bonds. The maximum absolute atomic E-state index is 11.5. The Hall–Kier alpha value is -3.96. The smallest absolute Gasteiger partial charge is 0.295 e. The molecule has 0 saturated carbocycles. The first-order valence-electron chi connectivity index (χ1n) is 13.4. The summed E-state index contributed by atoms with van der Waals surface area (Å²) in [5.74, 6) is 7.13. The van der Waals surface area contributed by atoms with Crippen LogP contribution in [0, 0.1) is 24.2 Å². The molecular weight excluding hydrogens is 474 g/mol. The van der Waals surface area contributed by atoms with E-state index >= 15 is 0 Å². The largest absolute Gasteiger partial charge is 0.355 e. The predicted octanol–water partition coefficient (Wildman–Crippen LogP) is 3.20. The third kappa shape index (κ3) is 4.27. The molecule has 1 fully saturated rings. The Bertz CT molecular complexity index is 1450. The molecule has 6 rings (SSSR count). The molecule has 8 nitrogen and oxygen atoms in total. The number of hydrogen-bond acceptors (Lipinski definition) is 7. The standard InChI is InChI=1S/C30H33N7O/c1-20-29(34-19-26(35-20)37-14-4-5-24-25(37)6-3-13-33-24)36-15-11-30(12-16-36)18-22-9-7-21(8-10-27(38)32-2)17-23(22)28(30)31/h3,6-7,9,13,17,19,28H,4-5,11-12,14-16,18,31H2,1-2H3,(H,32,38)/t28-/m1/s1. The molecule has 0 radical (unpaired) electrons. The number of aromatic nitrogens is 3. The van der Waals surface area contributed by atoms with Crippen molar-refractivity contribution in [1.82, 2.24) is 20.3 Å². The summed E-state index contributed by atoms with van der Waals surface area (Å²) < 4.78 is 0. The number of piperidine rings is 1. The second-order valence-corrected chi connectivity index (χ2v) is 10.6. The molecule has 38 heavy (non-hydrogen) atoms. The molecule has 0 bridgehead atoms. The van der Waals surface area contributed by atoms with Gasteiger partial charge in [-0.15, -0.1) is 0 Å². The lowest BCUT2D eigenvalue weighted by Gasteiger charge is -2.43. The molecular formula is C30H33N7O. The lowest BCUT2D eigenvalue weighted by molar-refractivity contribution is -0.115. The van der Waals surface area contributed by atoms with E-state index in [1.165, 1.54) is 11.1 Å². The molecule has 194 valence electrons. The van der Waals surface area contributed by atoms with Gasteiger partial charge in [0.25, 0.3) is 5.91 Å². The number of carbonyl (C=O) groups excluding carboxylic acids is 1. The fourth-order valence-corrected chi connectivity index (χ4v) is 6.32. The van der Waals surface area contributed by atoms with E-state index in [0.29, 0.717) is 0 Å². The highest BCUT2D eigenvalue weighted by molar-refractivity contribution is 5.93. The number of aryl methyl sites for hydroxylation is 2. The third-order valence-electron chi connectivity index (χ3n) is 8.43. The van der Waals surface area contributed by atoms with Gasteiger partial charge in [-0.3, -0.25) is 9.78 Å². The van der Waals surface area contributed by atoms with Gasteiger partial charge in [0.1, 0.15) is 5.82 Å². The van der Waals surface area contributed by atoms with Crippen molar-refractivity contribution in [3.63, 3.8) is 0 Å². The number of hydrogen-bond donors (Lipinski definition) is 2. The Morgan fingerprint density at radius 1 is 1.18 bits per heavy atom. The molecule has 1 aliphatic carbocycles. The maximum Gasteiger partial charge on any atom is 0.295 e. The van der Waals surface area contributed by atoms with E-state index in [4.69, 9.17) is 15.7 Å². The van der Waals surface area contributed by atoms with Gasteiger partial charge >= 0.3 is 0 Å². The summed E-state index contributed by atoms with van der Waals surface area (Å²) in [7, 11) is 1.58. The molecule has 1 saturated heterocycles. The lowest BCUT2D eigenvalue weighted by Crippen LogP contribution is -2.45. The highest BCUT2D eigenvalue weighted by Gasteiger charge is 2.46. The molecule has 2 aromatic heterocycles. The molecule has 3 aromatic rings. The van der Waals surface area contributed by atoms with Crippen LogP contribution in [0.15, 0.2) is 42.7 Å². The first-order valence-corrected chi connectivity index (χ1v) is 13.4. The number of benzene rings is 1. The van der Waals surface area contributed by atoms with E-state index in [1.54, 1.807) is 7.05 Å². The van der Waals surface area contributed by atoms with Crippen molar-refractivity contribution in [3.8, 4) is 11.8 Å². The first-order chi connectivity index (χ1) is 18.5. The van der Waals surface area contributed by atoms with Crippen LogP contribution in [0.2, 0.25) is 0 Å². The van der Waals surface area contributed by atoms with E-state index in [-0.39, 0.29) is 17.4 Å². The van der Waals surface area contributed by atoms with Crippen LogP contribution in [0.1, 0.15) is 53.4 Å². The number of amides is 1. The van der Waals surface area contributed by atoms with Crippen molar-refractivity contribution >= 4 is 23.2 Å². The van der Waals surface area contributed by atoms with E-state index in [9.17, 15) is 4.79 Å². The molecule has 1 spiro atoms. The Kier molecular flexibility index (Phi) is 6.24. The number of nitrogens with one attached hydrogen (secondary N) is 1. The number of anilines is 3. The van der Waals surface area contributed by atoms with Crippen molar-refractivity contribution in [1.29, 1.82) is 0 Å². The summed E-state index contributed by atoms with van der Waals surface area (Å²) in [5, 5.41) is 2.53. The third-order valence-corrected chi connectivity index (χ3v) is 8.43. The summed E-state index contributed by atoms with van der Waals surface area (Å²) in [5.41, 5.74) is 13.4. The summed E-state index contributed by atoms with van der Waals surface area (Å²) in [6.45, 7) is 4.78. The minimum absolute atomic E-state index is 0.0382. The normalized spacial score (nSPS) is 19.4. The number of pyridine rings is 1. The van der Waals surface area contributed by atoms with Crippen molar-refractivity contribution in [2.75, 3.05) is 36.5 Å². The molecule has 2 aliphatic heterocycles. The number of fused-ring (bicyclic) bond motifs is 2. The first kappa shape index (κ1) is 24.4.